The second-order valence-electron chi connectivity index (χ2n) is 15.6. The van der Waals surface area contributed by atoms with Gasteiger partial charge in [-0.3, -0.25) is 0 Å². The molecular formula is C34H54N2O5. The molecule has 0 unspecified atom stereocenters. The van der Waals surface area contributed by atoms with E-state index < -0.39 is 23.0 Å². The summed E-state index contributed by atoms with van der Waals surface area (Å²) in [6.45, 7) is 15.9. The van der Waals surface area contributed by atoms with E-state index >= 15 is 0 Å². The van der Waals surface area contributed by atoms with E-state index in [1.807, 2.05) is 34.6 Å². The summed E-state index contributed by atoms with van der Waals surface area (Å²) in [5, 5.41) is 3.10. The quantitative estimate of drug-likeness (QED) is 0.367. The maximum absolute atomic E-state index is 12.8. The summed E-state index contributed by atoms with van der Waals surface area (Å²) in [6, 6.07) is 6.96. The highest BCUT2D eigenvalue weighted by molar-refractivity contribution is 5.69. The fraction of sp³-hybridized carbons (Fsp3) is 0.794. The first-order valence-electron chi connectivity index (χ1n) is 15.9. The molecule has 0 spiro atoms. The van der Waals surface area contributed by atoms with Crippen LogP contribution < -0.4 is 10.1 Å². The van der Waals surface area contributed by atoms with Crippen LogP contribution in [0, 0.1) is 17.8 Å². The first-order valence-corrected chi connectivity index (χ1v) is 15.9. The highest BCUT2D eigenvalue weighted by Crippen LogP contribution is 2.62. The summed E-state index contributed by atoms with van der Waals surface area (Å²) in [7, 11) is 2.11. The Morgan fingerprint density at radius 3 is 2.17 bits per heavy atom. The highest BCUT2D eigenvalue weighted by atomic mass is 16.7. The standard InChI is InChI=1S/C34H54N2O5/c1-23(2)40-29-10-9-24(16-28(29)33-17-25-13-26(18-33)15-27(14-25)19-33)11-12-36(8)20-34(21-38-32(6,7)39-22-34)35-30(37)41-31(3,4)5/h9-10,16,23,25-27H,11-15,17-22H2,1-8H3,(H,35,37). The summed E-state index contributed by atoms with van der Waals surface area (Å²) in [4.78, 5) is 15.1. The second-order valence-corrected chi connectivity index (χ2v) is 15.6. The summed E-state index contributed by atoms with van der Waals surface area (Å²) in [5.74, 6) is 3.09. The van der Waals surface area contributed by atoms with E-state index in [1.165, 1.54) is 49.7 Å². The van der Waals surface area contributed by atoms with Crippen LogP contribution in [0.25, 0.3) is 0 Å². The molecule has 1 amide bonds. The maximum Gasteiger partial charge on any atom is 0.408 e. The third kappa shape index (κ3) is 7.40. The molecule has 1 aromatic carbocycles. The normalized spacial score (nSPS) is 30.0. The molecule has 5 aliphatic rings. The summed E-state index contributed by atoms with van der Waals surface area (Å²) in [6.07, 6.45) is 8.93. The first-order chi connectivity index (χ1) is 19.1. The lowest BCUT2D eigenvalue weighted by Gasteiger charge is -2.57. The number of hydrogen-bond donors (Lipinski definition) is 1. The van der Waals surface area contributed by atoms with Gasteiger partial charge in [0.15, 0.2) is 5.79 Å². The molecule has 1 aliphatic heterocycles. The summed E-state index contributed by atoms with van der Waals surface area (Å²) >= 11 is 0. The van der Waals surface area contributed by atoms with Crippen molar-refractivity contribution in [3.63, 3.8) is 0 Å². The van der Waals surface area contributed by atoms with Crippen molar-refractivity contribution in [3.8, 4) is 5.75 Å². The molecule has 0 atom stereocenters. The van der Waals surface area contributed by atoms with Gasteiger partial charge in [-0.2, -0.15) is 0 Å². The number of ether oxygens (including phenoxy) is 4. The number of amides is 1. The number of likely N-dealkylation sites (N-methyl/N-ethyl adjacent to an activating group) is 1. The molecule has 4 bridgehead atoms. The van der Waals surface area contributed by atoms with Gasteiger partial charge in [0.05, 0.1) is 19.3 Å². The number of benzene rings is 1. The van der Waals surface area contributed by atoms with Gasteiger partial charge in [0, 0.05) is 18.7 Å². The van der Waals surface area contributed by atoms with Crippen molar-refractivity contribution in [2.45, 2.75) is 122 Å². The van der Waals surface area contributed by atoms with Crippen LogP contribution in [0.4, 0.5) is 4.79 Å². The van der Waals surface area contributed by atoms with E-state index in [-0.39, 0.29) is 11.5 Å². The van der Waals surface area contributed by atoms with Crippen LogP contribution in [0.3, 0.4) is 0 Å². The van der Waals surface area contributed by atoms with Crippen LogP contribution in [0.5, 0.6) is 5.75 Å². The summed E-state index contributed by atoms with van der Waals surface area (Å²) < 4.78 is 24.1. The molecule has 1 heterocycles. The minimum absolute atomic E-state index is 0.165. The lowest BCUT2D eigenvalue weighted by atomic mass is 9.48. The van der Waals surface area contributed by atoms with E-state index in [9.17, 15) is 4.79 Å². The number of hydrogen-bond acceptors (Lipinski definition) is 6. The van der Waals surface area contributed by atoms with Gasteiger partial charge < -0.3 is 29.2 Å². The average Bonchev–Trinajstić information content (AvgIpc) is 2.83. The molecule has 230 valence electrons. The number of nitrogens with one attached hydrogen (secondary N) is 1. The zero-order chi connectivity index (χ0) is 29.6. The zero-order valence-electron chi connectivity index (χ0n) is 26.8. The van der Waals surface area contributed by atoms with E-state index in [2.05, 4.69) is 49.3 Å². The zero-order valence-corrected chi connectivity index (χ0v) is 26.8. The molecule has 7 nitrogen and oxygen atoms in total. The number of rotatable bonds is 9. The van der Waals surface area contributed by atoms with Crippen LogP contribution in [0.1, 0.15) is 98.1 Å². The van der Waals surface area contributed by atoms with Gasteiger partial charge in [-0.25, -0.2) is 4.79 Å². The SMILES string of the molecule is CC(C)Oc1ccc(CCN(C)CC2(NC(=O)OC(C)(C)C)COC(C)(C)OC2)cc1C12CC3CC(CC(C3)C1)C2. The predicted molar refractivity (Wildman–Crippen MR) is 161 cm³/mol. The van der Waals surface area contributed by atoms with Gasteiger partial charge in [0.25, 0.3) is 0 Å². The fourth-order valence-electron chi connectivity index (χ4n) is 8.29. The van der Waals surface area contributed by atoms with Crippen molar-refractivity contribution in [2.24, 2.45) is 17.8 Å². The highest BCUT2D eigenvalue weighted by Gasteiger charge is 2.52. The predicted octanol–water partition coefficient (Wildman–Crippen LogP) is 6.46. The van der Waals surface area contributed by atoms with Gasteiger partial charge in [0.2, 0.25) is 0 Å². The van der Waals surface area contributed by atoms with E-state index in [4.69, 9.17) is 18.9 Å². The molecule has 6 rings (SSSR count). The van der Waals surface area contributed by atoms with Gasteiger partial charge in [0.1, 0.15) is 16.9 Å². The number of carbonyl (C=O) groups excluding carboxylic acids is 1. The molecule has 4 saturated carbocycles. The van der Waals surface area contributed by atoms with Gasteiger partial charge in [-0.1, -0.05) is 12.1 Å². The Balaban J connectivity index is 1.29. The Labute approximate surface area is 248 Å². The van der Waals surface area contributed by atoms with E-state index in [0.717, 1.165) is 36.5 Å². The second kappa shape index (κ2) is 11.3. The smallest absolute Gasteiger partial charge is 0.408 e. The van der Waals surface area contributed by atoms with Crippen LogP contribution >= 0.6 is 0 Å². The first kappa shape index (κ1) is 30.6. The molecule has 0 aromatic heterocycles. The monoisotopic (exact) mass is 570 g/mol. The van der Waals surface area contributed by atoms with Crippen molar-refractivity contribution < 1.29 is 23.7 Å². The van der Waals surface area contributed by atoms with Crippen molar-refractivity contribution >= 4 is 6.09 Å². The largest absolute Gasteiger partial charge is 0.491 e. The molecule has 0 radical (unpaired) electrons. The number of nitrogens with zero attached hydrogens (tertiary/aromatic N) is 1. The molecule has 7 heteroatoms. The molecule has 4 aliphatic carbocycles. The molecule has 1 saturated heterocycles. The fourth-order valence-corrected chi connectivity index (χ4v) is 8.29. The minimum Gasteiger partial charge on any atom is -0.491 e. The van der Waals surface area contributed by atoms with Crippen molar-refractivity contribution in [1.82, 2.24) is 10.2 Å². The van der Waals surface area contributed by atoms with Crippen LogP contribution in [-0.2, 0) is 26.0 Å². The third-order valence-electron chi connectivity index (χ3n) is 9.53. The molecular weight excluding hydrogens is 516 g/mol. The van der Waals surface area contributed by atoms with Gasteiger partial charge in [-0.15, -0.1) is 0 Å². The van der Waals surface area contributed by atoms with E-state index in [0.29, 0.717) is 19.8 Å². The Morgan fingerprint density at radius 1 is 1.05 bits per heavy atom. The lowest BCUT2D eigenvalue weighted by molar-refractivity contribution is -0.271. The van der Waals surface area contributed by atoms with E-state index in [1.54, 1.807) is 0 Å². The van der Waals surface area contributed by atoms with Crippen LogP contribution in [0.2, 0.25) is 0 Å². The van der Waals surface area contributed by atoms with Crippen LogP contribution in [0.15, 0.2) is 18.2 Å². The average molecular weight is 571 g/mol. The van der Waals surface area contributed by atoms with Gasteiger partial charge >= 0.3 is 6.09 Å². The minimum atomic E-state index is -0.689. The van der Waals surface area contributed by atoms with Gasteiger partial charge in [-0.05, 0) is 135 Å². The maximum atomic E-state index is 12.8. The number of carbonyl (C=O) groups is 1. The summed E-state index contributed by atoms with van der Waals surface area (Å²) in [5.41, 5.74) is 1.83. The molecule has 41 heavy (non-hydrogen) atoms. The Bertz CT molecular complexity index is 1050. The Morgan fingerprint density at radius 2 is 1.63 bits per heavy atom. The molecule has 1 N–H and O–H groups in total. The Kier molecular flexibility index (Phi) is 8.48. The van der Waals surface area contributed by atoms with Crippen LogP contribution in [-0.4, -0.2) is 67.4 Å². The third-order valence-corrected chi connectivity index (χ3v) is 9.53. The van der Waals surface area contributed by atoms with Crippen molar-refractivity contribution in [2.75, 3.05) is 33.4 Å². The molecule has 1 aromatic rings. The lowest BCUT2D eigenvalue weighted by Crippen LogP contribution is -2.65. The molecule has 5 fully saturated rings. The van der Waals surface area contributed by atoms with Crippen molar-refractivity contribution in [1.29, 1.82) is 0 Å². The van der Waals surface area contributed by atoms with Crippen molar-refractivity contribution in [3.05, 3.63) is 29.3 Å². The Hall–Kier alpha value is -1.83. The topological polar surface area (TPSA) is 69.3 Å². The number of alkyl carbamates (subject to hydrolysis) is 1.